The molecule has 6 heteroatoms. The van der Waals surface area contributed by atoms with Crippen molar-refractivity contribution in [3.05, 3.63) is 52.7 Å². The topological polar surface area (TPSA) is 72.3 Å². The number of carboxylic acids is 1. The lowest BCUT2D eigenvalue weighted by molar-refractivity contribution is 0.0690. The number of carboxylic acid groups (broad SMARTS) is 1. The summed E-state index contributed by atoms with van der Waals surface area (Å²) in [7, 11) is 0. The van der Waals surface area contributed by atoms with E-state index in [1.165, 1.54) is 12.3 Å². The average Bonchev–Trinajstić information content (AvgIpc) is 2.38. The fourth-order valence-electron chi connectivity index (χ4n) is 1.35. The third kappa shape index (κ3) is 2.75. The Kier molecular flexibility index (Phi) is 3.74. The van der Waals surface area contributed by atoms with Gasteiger partial charge < -0.3 is 9.84 Å². The fraction of sp³-hybridized carbons (Fsp3) is 0.0833. The maximum Gasteiger partial charge on any atom is 0.341 e. The first kappa shape index (κ1) is 12.3. The van der Waals surface area contributed by atoms with E-state index in [4.69, 9.17) is 21.4 Å². The Hall–Kier alpha value is -2.14. The molecule has 0 fully saturated rings. The number of hydrogen-bond donors (Lipinski definition) is 1. The van der Waals surface area contributed by atoms with Crippen molar-refractivity contribution in [2.24, 2.45) is 0 Å². The fourth-order valence-corrected chi connectivity index (χ4v) is 1.54. The molecule has 18 heavy (non-hydrogen) atoms. The van der Waals surface area contributed by atoms with Crippen LogP contribution in [0.25, 0.3) is 0 Å². The van der Waals surface area contributed by atoms with E-state index >= 15 is 0 Å². The number of aromatic carboxylic acids is 1. The van der Waals surface area contributed by atoms with Crippen LogP contribution < -0.4 is 4.74 Å². The molecule has 0 saturated carbocycles. The third-order valence-electron chi connectivity index (χ3n) is 2.24. The molecule has 0 spiro atoms. The molecule has 1 aromatic heterocycles. The minimum Gasteiger partial charge on any atom is -0.477 e. The average molecular weight is 265 g/mol. The highest BCUT2D eigenvalue weighted by molar-refractivity contribution is 6.31. The molecule has 1 N–H and O–H groups in total. The summed E-state index contributed by atoms with van der Waals surface area (Å²) < 4.78 is 5.33. The van der Waals surface area contributed by atoms with Gasteiger partial charge in [-0.1, -0.05) is 29.8 Å². The van der Waals surface area contributed by atoms with Crippen LogP contribution in [0.3, 0.4) is 0 Å². The van der Waals surface area contributed by atoms with E-state index in [0.29, 0.717) is 5.02 Å². The van der Waals surface area contributed by atoms with Crippen molar-refractivity contribution in [1.29, 1.82) is 0 Å². The van der Waals surface area contributed by atoms with Crippen molar-refractivity contribution in [1.82, 2.24) is 10.2 Å². The van der Waals surface area contributed by atoms with E-state index in [2.05, 4.69) is 10.2 Å². The highest BCUT2D eigenvalue weighted by Crippen LogP contribution is 2.19. The highest BCUT2D eigenvalue weighted by Gasteiger charge is 2.13. The number of carbonyl (C=O) groups is 1. The van der Waals surface area contributed by atoms with Gasteiger partial charge in [0.05, 0.1) is 6.20 Å². The Labute approximate surface area is 108 Å². The third-order valence-corrected chi connectivity index (χ3v) is 2.61. The van der Waals surface area contributed by atoms with E-state index in [0.717, 1.165) is 5.56 Å². The molecule has 2 rings (SSSR count). The molecule has 1 heterocycles. The van der Waals surface area contributed by atoms with Gasteiger partial charge in [-0.2, -0.15) is 5.10 Å². The zero-order chi connectivity index (χ0) is 13.0. The molecule has 2 aromatic rings. The van der Waals surface area contributed by atoms with E-state index in [1.54, 1.807) is 18.2 Å². The first-order valence-corrected chi connectivity index (χ1v) is 5.47. The van der Waals surface area contributed by atoms with Crippen LogP contribution in [0.4, 0.5) is 0 Å². The Morgan fingerprint density at radius 3 is 2.83 bits per heavy atom. The molecular formula is C12H9ClN2O3. The maximum absolute atomic E-state index is 10.9. The van der Waals surface area contributed by atoms with Gasteiger partial charge in [-0.3, -0.25) is 0 Å². The maximum atomic E-state index is 10.9. The number of nitrogens with zero attached hydrogens (tertiary/aromatic N) is 2. The molecule has 0 bridgehead atoms. The second kappa shape index (κ2) is 5.46. The molecule has 0 unspecified atom stereocenters. The monoisotopic (exact) mass is 264 g/mol. The van der Waals surface area contributed by atoms with Crippen molar-refractivity contribution in [2.75, 3.05) is 0 Å². The van der Waals surface area contributed by atoms with E-state index in [9.17, 15) is 4.79 Å². The molecule has 0 radical (unpaired) electrons. The zero-order valence-electron chi connectivity index (χ0n) is 9.21. The molecule has 0 saturated heterocycles. The predicted octanol–water partition coefficient (Wildman–Crippen LogP) is 2.41. The summed E-state index contributed by atoms with van der Waals surface area (Å²) in [5.41, 5.74) is 0.721. The van der Waals surface area contributed by atoms with Gasteiger partial charge >= 0.3 is 5.97 Å². The summed E-state index contributed by atoms with van der Waals surface area (Å²) in [4.78, 5) is 10.9. The van der Waals surface area contributed by atoms with Gasteiger partial charge in [0.2, 0.25) is 5.88 Å². The van der Waals surface area contributed by atoms with Gasteiger partial charge in [0.25, 0.3) is 0 Å². The van der Waals surface area contributed by atoms with Gasteiger partial charge in [-0.15, -0.1) is 5.10 Å². The summed E-state index contributed by atoms with van der Waals surface area (Å²) in [6.45, 7) is 0.138. The van der Waals surface area contributed by atoms with Gasteiger partial charge in [-0.25, -0.2) is 4.79 Å². The first-order valence-electron chi connectivity index (χ1n) is 5.09. The van der Waals surface area contributed by atoms with Gasteiger partial charge in [0.1, 0.15) is 12.2 Å². The van der Waals surface area contributed by atoms with Crippen LogP contribution in [0.2, 0.25) is 5.02 Å². The first-order chi connectivity index (χ1) is 8.68. The standard InChI is InChI=1S/C12H9ClN2O3/c13-10-4-2-1-3-8(10)7-18-11-9(12(16)17)5-6-14-15-11/h1-6H,7H2,(H,16,17). The molecule has 0 aliphatic carbocycles. The van der Waals surface area contributed by atoms with Crippen molar-refractivity contribution in [3.8, 4) is 5.88 Å². The van der Waals surface area contributed by atoms with E-state index in [1.807, 2.05) is 6.07 Å². The molecule has 0 aliphatic heterocycles. The van der Waals surface area contributed by atoms with Gasteiger partial charge in [0, 0.05) is 10.6 Å². The van der Waals surface area contributed by atoms with Crippen LogP contribution in [0, 0.1) is 0 Å². The SMILES string of the molecule is O=C(O)c1ccnnc1OCc1ccccc1Cl. The smallest absolute Gasteiger partial charge is 0.341 e. The summed E-state index contributed by atoms with van der Waals surface area (Å²) in [5, 5.41) is 16.7. The summed E-state index contributed by atoms with van der Waals surface area (Å²) in [5.74, 6) is -1.14. The van der Waals surface area contributed by atoms with Crippen molar-refractivity contribution in [2.45, 2.75) is 6.61 Å². The highest BCUT2D eigenvalue weighted by atomic mass is 35.5. The Morgan fingerprint density at radius 2 is 2.11 bits per heavy atom. The summed E-state index contributed by atoms with van der Waals surface area (Å²) in [6.07, 6.45) is 1.30. The van der Waals surface area contributed by atoms with Crippen molar-refractivity contribution in [3.63, 3.8) is 0 Å². The molecule has 0 atom stereocenters. The lowest BCUT2D eigenvalue weighted by Gasteiger charge is -2.07. The number of hydrogen-bond acceptors (Lipinski definition) is 4. The second-order valence-electron chi connectivity index (χ2n) is 3.44. The van der Waals surface area contributed by atoms with Crippen LogP contribution in [0.15, 0.2) is 36.5 Å². The van der Waals surface area contributed by atoms with Crippen molar-refractivity contribution >= 4 is 17.6 Å². The van der Waals surface area contributed by atoms with Gasteiger partial charge in [-0.05, 0) is 12.1 Å². The van der Waals surface area contributed by atoms with E-state index in [-0.39, 0.29) is 18.1 Å². The Balaban J connectivity index is 2.16. The summed E-state index contributed by atoms with van der Waals surface area (Å²) in [6, 6.07) is 8.47. The minimum absolute atomic E-state index is 0.0232. The number of ether oxygens (including phenoxy) is 1. The molecule has 0 amide bonds. The molecule has 5 nitrogen and oxygen atoms in total. The molecule has 1 aromatic carbocycles. The minimum atomic E-state index is -1.11. The molecule has 92 valence electrons. The van der Waals surface area contributed by atoms with Crippen LogP contribution in [-0.2, 0) is 6.61 Å². The lowest BCUT2D eigenvalue weighted by Crippen LogP contribution is -2.06. The number of halogens is 1. The molecular weight excluding hydrogens is 256 g/mol. The summed E-state index contributed by atoms with van der Waals surface area (Å²) >= 11 is 5.96. The normalized spacial score (nSPS) is 10.1. The zero-order valence-corrected chi connectivity index (χ0v) is 9.96. The quantitative estimate of drug-likeness (QED) is 0.918. The Bertz CT molecular complexity index is 575. The van der Waals surface area contributed by atoms with Crippen LogP contribution in [-0.4, -0.2) is 21.3 Å². The predicted molar refractivity (Wildman–Crippen MR) is 64.8 cm³/mol. The number of aromatic nitrogens is 2. The van der Waals surface area contributed by atoms with Crippen LogP contribution in [0.5, 0.6) is 5.88 Å². The van der Waals surface area contributed by atoms with E-state index < -0.39 is 5.97 Å². The van der Waals surface area contributed by atoms with Crippen molar-refractivity contribution < 1.29 is 14.6 Å². The number of rotatable bonds is 4. The lowest BCUT2D eigenvalue weighted by atomic mass is 10.2. The number of benzene rings is 1. The van der Waals surface area contributed by atoms with Crippen LogP contribution >= 0.6 is 11.6 Å². The van der Waals surface area contributed by atoms with Gasteiger partial charge in [0.15, 0.2) is 0 Å². The second-order valence-corrected chi connectivity index (χ2v) is 3.84. The molecule has 0 aliphatic rings. The van der Waals surface area contributed by atoms with Crippen LogP contribution in [0.1, 0.15) is 15.9 Å². The largest absolute Gasteiger partial charge is 0.477 e. The Morgan fingerprint density at radius 1 is 1.33 bits per heavy atom.